The highest BCUT2D eigenvalue weighted by molar-refractivity contribution is 6.09. The molecule has 0 amide bonds. The molecule has 0 bridgehead atoms. The van der Waals surface area contributed by atoms with Crippen molar-refractivity contribution in [1.82, 2.24) is 0 Å². The van der Waals surface area contributed by atoms with E-state index < -0.39 is 5.41 Å². The first-order valence-electron chi connectivity index (χ1n) is 25.1. The number of anilines is 3. The molecule has 1 aliphatic carbocycles. The standard InChI is InChI=1S/C71H47NO/c1-3-19-56(20-4-1)71(57-21-5-2-6-22-57)66-29-11-9-25-65(66)69-61(26-15-30-67(69)71)52-40-44-59(45-41-52)72(60-23-13-18-55(47-60)62-27-14-28-64-63-24-10-12-31-68(63)73-70(62)64)58-42-38-50(39-43-58)49-32-34-51(35-33-49)54-37-36-48-16-7-8-17-53(48)46-54/h1-47H. The van der Waals surface area contributed by atoms with Crippen LogP contribution in [0.25, 0.3) is 88.3 Å². The second-order valence-electron chi connectivity index (χ2n) is 19.2. The van der Waals surface area contributed by atoms with Gasteiger partial charge in [-0.05, 0) is 132 Å². The summed E-state index contributed by atoms with van der Waals surface area (Å²) >= 11 is 0. The van der Waals surface area contributed by atoms with E-state index >= 15 is 0 Å². The maximum absolute atomic E-state index is 6.57. The van der Waals surface area contributed by atoms with E-state index in [-0.39, 0.29) is 0 Å². The van der Waals surface area contributed by atoms with E-state index in [0.717, 1.165) is 55.7 Å². The molecule has 342 valence electrons. The van der Waals surface area contributed by atoms with Crippen LogP contribution in [0.5, 0.6) is 0 Å². The van der Waals surface area contributed by atoms with Gasteiger partial charge in [-0.15, -0.1) is 0 Å². The maximum atomic E-state index is 6.57. The summed E-state index contributed by atoms with van der Waals surface area (Å²) in [4.78, 5) is 2.37. The average molecular weight is 930 g/mol. The molecular weight excluding hydrogens is 883 g/mol. The molecule has 0 unspecified atom stereocenters. The lowest BCUT2D eigenvalue weighted by Crippen LogP contribution is -2.28. The number of para-hydroxylation sites is 2. The van der Waals surface area contributed by atoms with Crippen molar-refractivity contribution < 1.29 is 4.42 Å². The third-order valence-corrected chi connectivity index (χ3v) is 15.2. The molecule has 0 spiro atoms. The molecule has 12 aromatic carbocycles. The summed E-state index contributed by atoms with van der Waals surface area (Å²) in [6, 6.07) is 104. The van der Waals surface area contributed by atoms with Crippen molar-refractivity contribution in [2.75, 3.05) is 4.90 Å². The normalized spacial score (nSPS) is 12.5. The SMILES string of the molecule is c1ccc(C2(c3ccccc3)c3ccccc3-c3c(-c4ccc(N(c5ccc(-c6ccc(-c7ccc8ccccc8c7)cc6)cc5)c5cccc(-c6cccc7c6oc6ccccc67)c5)cc4)cccc32)cc1. The summed E-state index contributed by atoms with van der Waals surface area (Å²) in [6.07, 6.45) is 0. The lowest BCUT2D eigenvalue weighted by Gasteiger charge is -2.34. The number of hydrogen-bond donors (Lipinski definition) is 0. The summed E-state index contributed by atoms with van der Waals surface area (Å²) in [5.41, 5.74) is 21.5. The van der Waals surface area contributed by atoms with Crippen molar-refractivity contribution in [3.63, 3.8) is 0 Å². The highest BCUT2D eigenvalue weighted by Crippen LogP contribution is 2.58. The van der Waals surface area contributed by atoms with Crippen LogP contribution < -0.4 is 4.90 Å². The van der Waals surface area contributed by atoms with Crippen molar-refractivity contribution in [2.45, 2.75) is 5.41 Å². The Morgan fingerprint density at radius 3 is 1.55 bits per heavy atom. The van der Waals surface area contributed by atoms with Crippen LogP contribution in [0.15, 0.2) is 290 Å². The van der Waals surface area contributed by atoms with Gasteiger partial charge in [0.2, 0.25) is 0 Å². The van der Waals surface area contributed by atoms with Crippen LogP contribution in [0.1, 0.15) is 22.3 Å². The molecule has 0 saturated heterocycles. The van der Waals surface area contributed by atoms with Gasteiger partial charge in [0.05, 0.1) is 5.41 Å². The summed E-state index contributed by atoms with van der Waals surface area (Å²) in [7, 11) is 0. The van der Waals surface area contributed by atoms with Gasteiger partial charge >= 0.3 is 0 Å². The Morgan fingerprint density at radius 1 is 0.288 bits per heavy atom. The van der Waals surface area contributed by atoms with Gasteiger partial charge in [0.25, 0.3) is 0 Å². The van der Waals surface area contributed by atoms with Crippen LogP contribution in [0.4, 0.5) is 17.1 Å². The Labute approximate surface area is 425 Å². The second-order valence-corrected chi connectivity index (χ2v) is 19.2. The molecule has 73 heavy (non-hydrogen) atoms. The number of hydrogen-bond acceptors (Lipinski definition) is 2. The van der Waals surface area contributed by atoms with E-state index in [2.05, 4.69) is 284 Å². The Hall–Kier alpha value is -9.50. The highest BCUT2D eigenvalue weighted by atomic mass is 16.3. The Bertz CT molecular complexity index is 4130. The quantitative estimate of drug-likeness (QED) is 0.143. The zero-order chi connectivity index (χ0) is 48.3. The van der Waals surface area contributed by atoms with Crippen molar-refractivity contribution in [3.05, 3.63) is 307 Å². The largest absolute Gasteiger partial charge is 0.455 e. The number of furan rings is 1. The second kappa shape index (κ2) is 17.4. The molecule has 0 atom stereocenters. The summed E-state index contributed by atoms with van der Waals surface area (Å²) in [5, 5.41) is 4.74. The number of fused-ring (bicyclic) bond motifs is 7. The molecular formula is C71H47NO. The average Bonchev–Trinajstić information content (AvgIpc) is 4.06. The molecule has 0 radical (unpaired) electrons. The molecule has 0 aliphatic heterocycles. The molecule has 13 aromatic rings. The monoisotopic (exact) mass is 929 g/mol. The number of nitrogens with zero attached hydrogens (tertiary/aromatic N) is 1. The van der Waals surface area contributed by atoms with Gasteiger partial charge in [0, 0.05) is 33.4 Å². The molecule has 0 N–H and O–H groups in total. The minimum Gasteiger partial charge on any atom is -0.455 e. The topological polar surface area (TPSA) is 16.4 Å². The van der Waals surface area contributed by atoms with E-state index in [9.17, 15) is 0 Å². The highest BCUT2D eigenvalue weighted by Gasteiger charge is 2.46. The molecule has 2 nitrogen and oxygen atoms in total. The van der Waals surface area contributed by atoms with E-state index in [4.69, 9.17) is 4.42 Å². The third kappa shape index (κ3) is 7.02. The van der Waals surface area contributed by atoms with Gasteiger partial charge in [-0.3, -0.25) is 0 Å². The fourth-order valence-corrected chi connectivity index (χ4v) is 11.8. The van der Waals surface area contributed by atoms with Gasteiger partial charge in [-0.1, -0.05) is 237 Å². The van der Waals surface area contributed by atoms with Gasteiger partial charge in [-0.2, -0.15) is 0 Å². The van der Waals surface area contributed by atoms with Crippen LogP contribution >= 0.6 is 0 Å². The lowest BCUT2D eigenvalue weighted by atomic mass is 9.67. The molecule has 14 rings (SSSR count). The predicted molar refractivity (Wildman–Crippen MR) is 305 cm³/mol. The molecule has 1 heterocycles. The minimum atomic E-state index is -0.468. The Morgan fingerprint density at radius 2 is 0.808 bits per heavy atom. The van der Waals surface area contributed by atoms with Gasteiger partial charge in [0.15, 0.2) is 0 Å². The summed E-state index contributed by atoms with van der Waals surface area (Å²) < 4.78 is 6.57. The smallest absolute Gasteiger partial charge is 0.143 e. The fourth-order valence-electron chi connectivity index (χ4n) is 11.8. The van der Waals surface area contributed by atoms with Gasteiger partial charge < -0.3 is 9.32 Å². The maximum Gasteiger partial charge on any atom is 0.143 e. The molecule has 0 fully saturated rings. The Balaban J connectivity index is 0.871. The van der Waals surface area contributed by atoms with Crippen LogP contribution in [-0.4, -0.2) is 0 Å². The minimum absolute atomic E-state index is 0.468. The first-order valence-corrected chi connectivity index (χ1v) is 25.1. The van der Waals surface area contributed by atoms with Crippen LogP contribution in [-0.2, 0) is 5.41 Å². The van der Waals surface area contributed by atoms with Crippen molar-refractivity contribution >= 4 is 49.8 Å². The molecule has 1 aromatic heterocycles. The molecule has 0 saturated carbocycles. The van der Waals surface area contributed by atoms with Gasteiger partial charge in [0.1, 0.15) is 11.2 Å². The molecule has 2 heteroatoms. The van der Waals surface area contributed by atoms with E-state index in [1.807, 2.05) is 6.07 Å². The van der Waals surface area contributed by atoms with E-state index in [1.54, 1.807) is 0 Å². The number of rotatable bonds is 9. The van der Waals surface area contributed by atoms with Crippen LogP contribution in [0.2, 0.25) is 0 Å². The predicted octanol–water partition coefficient (Wildman–Crippen LogP) is 19.2. The van der Waals surface area contributed by atoms with E-state index in [1.165, 1.54) is 72.0 Å². The third-order valence-electron chi connectivity index (χ3n) is 15.2. The van der Waals surface area contributed by atoms with Crippen molar-refractivity contribution in [2.24, 2.45) is 0 Å². The first kappa shape index (κ1) is 42.4. The van der Waals surface area contributed by atoms with E-state index in [0.29, 0.717) is 0 Å². The zero-order valence-electron chi connectivity index (χ0n) is 40.0. The van der Waals surface area contributed by atoms with Crippen molar-refractivity contribution in [1.29, 1.82) is 0 Å². The summed E-state index contributed by atoms with van der Waals surface area (Å²) in [5.74, 6) is 0. The first-order chi connectivity index (χ1) is 36.2. The van der Waals surface area contributed by atoms with Gasteiger partial charge in [-0.25, -0.2) is 0 Å². The molecule has 1 aliphatic rings. The van der Waals surface area contributed by atoms with Crippen LogP contribution in [0, 0.1) is 0 Å². The fraction of sp³-hybridized carbons (Fsp3) is 0.0141. The zero-order valence-corrected chi connectivity index (χ0v) is 40.0. The Kier molecular flexibility index (Phi) is 10.1. The van der Waals surface area contributed by atoms with Crippen LogP contribution in [0.3, 0.4) is 0 Å². The number of benzene rings is 12. The lowest BCUT2D eigenvalue weighted by molar-refractivity contribution is 0.670. The van der Waals surface area contributed by atoms with Crippen molar-refractivity contribution in [3.8, 4) is 55.6 Å². The summed E-state index contributed by atoms with van der Waals surface area (Å²) in [6.45, 7) is 0.